The van der Waals surface area contributed by atoms with Gasteiger partial charge in [0.15, 0.2) is 0 Å². The molecule has 0 aliphatic heterocycles. The molecule has 116 valence electrons. The van der Waals surface area contributed by atoms with E-state index in [0.29, 0.717) is 24.1 Å². The number of halogens is 3. The molecule has 0 atom stereocenters. The molecule has 1 heterocycles. The first-order valence-corrected chi connectivity index (χ1v) is 6.40. The Hall–Kier alpha value is -2.42. The minimum absolute atomic E-state index is 0.178. The van der Waals surface area contributed by atoms with E-state index in [2.05, 4.69) is 20.0 Å². The number of anilines is 1. The van der Waals surface area contributed by atoms with Gasteiger partial charge in [-0.05, 0) is 37.1 Å². The van der Waals surface area contributed by atoms with Crippen LogP contribution >= 0.6 is 0 Å². The normalized spacial score (nSPS) is 16.4. The van der Waals surface area contributed by atoms with Crippen molar-refractivity contribution >= 4 is 11.6 Å². The minimum atomic E-state index is -4.68. The monoisotopic (exact) mass is 312 g/mol. The lowest BCUT2D eigenvalue weighted by molar-refractivity contribution is -0.159. The molecule has 1 aromatic heterocycles. The first-order valence-electron chi connectivity index (χ1n) is 6.40. The maximum absolute atomic E-state index is 12.4. The molecule has 6 nitrogen and oxygen atoms in total. The van der Waals surface area contributed by atoms with Crippen molar-refractivity contribution in [3.05, 3.63) is 30.2 Å². The number of rotatable bonds is 3. The first-order chi connectivity index (χ1) is 10.3. The smallest absolute Gasteiger partial charge is 0.329 e. The number of nitrogens with two attached hydrogens (primary N) is 1. The van der Waals surface area contributed by atoms with E-state index in [9.17, 15) is 18.0 Å². The Morgan fingerprint density at radius 2 is 1.91 bits per heavy atom. The van der Waals surface area contributed by atoms with Gasteiger partial charge < -0.3 is 15.6 Å². The second-order valence-corrected chi connectivity index (χ2v) is 5.11. The molecule has 22 heavy (non-hydrogen) atoms. The summed E-state index contributed by atoms with van der Waals surface area (Å²) in [7, 11) is 0. The lowest BCUT2D eigenvalue weighted by Crippen LogP contribution is -2.37. The molecule has 0 radical (unpaired) electrons. The van der Waals surface area contributed by atoms with Crippen molar-refractivity contribution in [2.24, 2.45) is 5.73 Å². The standard InChI is InChI=1S/C13H11F3N4O2/c14-13(15,16)11-19-9(20-22-11)7-1-3-8(4-2-7)18-10(21)12(17)5-6-12/h1-4H,5-6,17H2,(H,18,21). The fraction of sp³-hybridized carbons (Fsp3) is 0.308. The lowest BCUT2D eigenvalue weighted by atomic mass is 10.2. The van der Waals surface area contributed by atoms with Gasteiger partial charge in [-0.1, -0.05) is 5.16 Å². The number of aromatic nitrogens is 2. The maximum Gasteiger partial charge on any atom is 0.471 e. The topological polar surface area (TPSA) is 94.0 Å². The molecule has 1 fully saturated rings. The lowest BCUT2D eigenvalue weighted by Gasteiger charge is -2.09. The van der Waals surface area contributed by atoms with Gasteiger partial charge in [-0.3, -0.25) is 4.79 Å². The molecule has 0 saturated heterocycles. The van der Waals surface area contributed by atoms with Crippen LogP contribution in [0.5, 0.6) is 0 Å². The van der Waals surface area contributed by atoms with Gasteiger partial charge in [0.05, 0.1) is 5.54 Å². The zero-order valence-electron chi connectivity index (χ0n) is 11.1. The van der Waals surface area contributed by atoms with E-state index >= 15 is 0 Å². The number of amides is 1. The van der Waals surface area contributed by atoms with E-state index in [0.717, 1.165) is 0 Å². The van der Waals surface area contributed by atoms with Crippen molar-refractivity contribution in [3.8, 4) is 11.4 Å². The van der Waals surface area contributed by atoms with E-state index < -0.39 is 17.6 Å². The molecule has 1 saturated carbocycles. The molecule has 0 spiro atoms. The average Bonchev–Trinajstić information content (AvgIpc) is 3.02. The van der Waals surface area contributed by atoms with Crippen molar-refractivity contribution in [2.75, 3.05) is 5.32 Å². The summed E-state index contributed by atoms with van der Waals surface area (Å²) in [5.41, 5.74) is 5.78. The number of benzene rings is 1. The van der Waals surface area contributed by atoms with Crippen molar-refractivity contribution in [1.29, 1.82) is 0 Å². The van der Waals surface area contributed by atoms with E-state index in [4.69, 9.17) is 5.73 Å². The summed E-state index contributed by atoms with van der Waals surface area (Å²) in [6.07, 6.45) is -3.40. The fourth-order valence-electron chi connectivity index (χ4n) is 1.78. The molecule has 1 amide bonds. The van der Waals surface area contributed by atoms with Gasteiger partial charge >= 0.3 is 12.1 Å². The van der Waals surface area contributed by atoms with Crippen LogP contribution in [-0.2, 0) is 11.0 Å². The van der Waals surface area contributed by atoms with Crippen LogP contribution in [-0.4, -0.2) is 21.6 Å². The molecule has 1 aromatic carbocycles. The highest BCUT2D eigenvalue weighted by Crippen LogP contribution is 2.33. The summed E-state index contributed by atoms with van der Waals surface area (Å²) >= 11 is 0. The Labute approximate surface area is 122 Å². The molecule has 3 N–H and O–H groups in total. The Bertz CT molecular complexity index is 705. The van der Waals surface area contributed by atoms with Crippen LogP contribution in [0.4, 0.5) is 18.9 Å². The predicted octanol–water partition coefficient (Wildman–Crippen LogP) is 2.19. The van der Waals surface area contributed by atoms with Gasteiger partial charge in [0.1, 0.15) is 0 Å². The van der Waals surface area contributed by atoms with E-state index in [1.54, 1.807) is 0 Å². The van der Waals surface area contributed by atoms with Crippen molar-refractivity contribution in [2.45, 2.75) is 24.6 Å². The number of carbonyl (C=O) groups is 1. The maximum atomic E-state index is 12.4. The number of nitrogens with one attached hydrogen (secondary N) is 1. The number of carbonyl (C=O) groups excluding carboxylic acids is 1. The van der Waals surface area contributed by atoms with Gasteiger partial charge in [0.25, 0.3) is 0 Å². The SMILES string of the molecule is NC1(C(=O)Nc2ccc(-c3noc(C(F)(F)F)n3)cc2)CC1. The highest BCUT2D eigenvalue weighted by molar-refractivity contribution is 6.00. The zero-order valence-corrected chi connectivity index (χ0v) is 11.1. The van der Waals surface area contributed by atoms with Gasteiger partial charge in [-0.15, -0.1) is 0 Å². The van der Waals surface area contributed by atoms with Crippen LogP contribution in [0, 0.1) is 0 Å². The van der Waals surface area contributed by atoms with Crippen molar-refractivity contribution < 1.29 is 22.5 Å². The highest BCUT2D eigenvalue weighted by atomic mass is 19.4. The van der Waals surface area contributed by atoms with Gasteiger partial charge in [0, 0.05) is 11.3 Å². The molecule has 9 heteroatoms. The minimum Gasteiger partial charge on any atom is -0.329 e. The molecule has 3 rings (SSSR count). The Kier molecular flexibility index (Phi) is 3.17. The molecule has 0 unspecified atom stereocenters. The first kappa shape index (κ1) is 14.5. The summed E-state index contributed by atoms with van der Waals surface area (Å²) in [6.45, 7) is 0. The van der Waals surface area contributed by atoms with Crippen LogP contribution in [0.3, 0.4) is 0 Å². The number of nitrogens with zero attached hydrogens (tertiary/aromatic N) is 2. The zero-order chi connectivity index (χ0) is 16.0. The van der Waals surface area contributed by atoms with Crippen LogP contribution < -0.4 is 11.1 Å². The largest absolute Gasteiger partial charge is 0.471 e. The van der Waals surface area contributed by atoms with E-state index in [-0.39, 0.29) is 11.7 Å². The molecule has 2 aromatic rings. The Balaban J connectivity index is 1.74. The number of hydrogen-bond acceptors (Lipinski definition) is 5. The third-order valence-corrected chi connectivity index (χ3v) is 3.31. The van der Waals surface area contributed by atoms with Crippen molar-refractivity contribution in [3.63, 3.8) is 0 Å². The van der Waals surface area contributed by atoms with Crippen LogP contribution in [0.2, 0.25) is 0 Å². The second kappa shape index (κ2) is 4.80. The highest BCUT2D eigenvalue weighted by Gasteiger charge is 2.45. The number of alkyl halides is 3. The predicted molar refractivity (Wildman–Crippen MR) is 69.5 cm³/mol. The van der Waals surface area contributed by atoms with E-state index in [1.807, 2.05) is 0 Å². The molecule has 1 aliphatic rings. The summed E-state index contributed by atoms with van der Waals surface area (Å²) in [5.74, 6) is -1.86. The van der Waals surface area contributed by atoms with Crippen LogP contribution in [0.1, 0.15) is 18.7 Å². The van der Waals surface area contributed by atoms with Crippen LogP contribution in [0.15, 0.2) is 28.8 Å². The van der Waals surface area contributed by atoms with E-state index in [1.165, 1.54) is 24.3 Å². The number of hydrogen-bond donors (Lipinski definition) is 2. The second-order valence-electron chi connectivity index (χ2n) is 5.11. The molecular weight excluding hydrogens is 301 g/mol. The Morgan fingerprint density at radius 3 is 2.41 bits per heavy atom. The molecular formula is C13H11F3N4O2. The summed E-state index contributed by atoms with van der Waals surface area (Å²) in [6, 6.07) is 6.03. The Morgan fingerprint density at radius 1 is 1.27 bits per heavy atom. The quantitative estimate of drug-likeness (QED) is 0.906. The van der Waals surface area contributed by atoms with Gasteiger partial charge in [0.2, 0.25) is 11.7 Å². The summed E-state index contributed by atoms with van der Waals surface area (Å²) in [5, 5.41) is 5.92. The van der Waals surface area contributed by atoms with Crippen LogP contribution in [0.25, 0.3) is 11.4 Å². The third-order valence-electron chi connectivity index (χ3n) is 3.31. The molecule has 0 bridgehead atoms. The van der Waals surface area contributed by atoms with Crippen molar-refractivity contribution in [1.82, 2.24) is 10.1 Å². The van der Waals surface area contributed by atoms with Gasteiger partial charge in [-0.2, -0.15) is 18.2 Å². The summed E-state index contributed by atoms with van der Waals surface area (Å²) < 4.78 is 41.3. The molecule has 1 aliphatic carbocycles. The average molecular weight is 312 g/mol. The third kappa shape index (κ3) is 2.80. The van der Waals surface area contributed by atoms with Gasteiger partial charge in [-0.25, -0.2) is 0 Å². The summed E-state index contributed by atoms with van der Waals surface area (Å²) in [4.78, 5) is 15.0. The fourth-order valence-corrected chi connectivity index (χ4v) is 1.78.